The van der Waals surface area contributed by atoms with E-state index in [0.717, 1.165) is 24.8 Å². The van der Waals surface area contributed by atoms with Crippen LogP contribution in [0.3, 0.4) is 0 Å². The van der Waals surface area contributed by atoms with Crippen molar-refractivity contribution in [3.05, 3.63) is 95.3 Å². The molecule has 2 unspecified atom stereocenters. The number of Topliss-reactive ketones (excluding diaryl/α,β-unsaturated/α-hetero) is 1. The third-order valence-corrected chi connectivity index (χ3v) is 5.59. The topological polar surface area (TPSA) is 110 Å². The summed E-state index contributed by atoms with van der Waals surface area (Å²) in [5.41, 5.74) is 15.5. The number of hydrogen-bond donors (Lipinski definition) is 4. The molecule has 6 N–H and O–H groups in total. The summed E-state index contributed by atoms with van der Waals surface area (Å²) in [6.45, 7) is 9.86. The van der Waals surface area contributed by atoms with Crippen molar-refractivity contribution in [1.29, 1.82) is 0 Å². The summed E-state index contributed by atoms with van der Waals surface area (Å²) in [7, 11) is 1.85. The standard InChI is InChI=1S/C14H20N4O.C12H14O.C2H6/c1-10(7-8-15)18-14(19)12-5-3-11(4-6-12)13(9-16)17-2;1-9(13)11-8-4-6-10-5-2-3-7-12(10)11;1-2/h3-8,13,17H,1,9,15-16H2,2H3,(H,18,19);2-3,5,7,11H,4,6,8H2,1H3;1-2H3/b8-7-;;. The number of aryl methyl sites for hydroxylation is 1. The molecule has 0 aliphatic heterocycles. The molecule has 0 fully saturated rings. The Hall–Kier alpha value is -3.22. The van der Waals surface area contributed by atoms with E-state index in [9.17, 15) is 9.59 Å². The second kappa shape index (κ2) is 15.6. The maximum atomic E-state index is 11.9. The molecule has 0 aromatic heterocycles. The molecule has 1 aliphatic rings. The van der Waals surface area contributed by atoms with Crippen LogP contribution in [0.15, 0.2) is 73.1 Å². The Morgan fingerprint density at radius 1 is 1.15 bits per heavy atom. The molecule has 184 valence electrons. The zero-order valence-corrected chi connectivity index (χ0v) is 20.9. The number of ketones is 1. The van der Waals surface area contributed by atoms with E-state index in [2.05, 4.69) is 35.4 Å². The van der Waals surface area contributed by atoms with E-state index in [4.69, 9.17) is 11.5 Å². The van der Waals surface area contributed by atoms with Crippen molar-refractivity contribution in [2.24, 2.45) is 11.5 Å². The van der Waals surface area contributed by atoms with Crippen molar-refractivity contribution in [1.82, 2.24) is 10.6 Å². The van der Waals surface area contributed by atoms with Gasteiger partial charge in [0, 0.05) is 29.8 Å². The minimum Gasteiger partial charge on any atom is -0.405 e. The van der Waals surface area contributed by atoms with E-state index in [1.807, 2.05) is 39.1 Å². The Bertz CT molecular complexity index is 947. The molecule has 0 saturated carbocycles. The third-order valence-electron chi connectivity index (χ3n) is 5.59. The van der Waals surface area contributed by atoms with Crippen LogP contribution in [0.1, 0.15) is 72.6 Å². The number of hydrogen-bond acceptors (Lipinski definition) is 5. The fourth-order valence-electron chi connectivity index (χ4n) is 3.84. The van der Waals surface area contributed by atoms with Crippen molar-refractivity contribution >= 4 is 11.7 Å². The molecule has 6 nitrogen and oxygen atoms in total. The van der Waals surface area contributed by atoms with Crippen molar-refractivity contribution in [2.45, 2.75) is 52.0 Å². The number of benzene rings is 2. The highest BCUT2D eigenvalue weighted by molar-refractivity contribution is 5.95. The largest absolute Gasteiger partial charge is 0.405 e. The van der Waals surface area contributed by atoms with Crippen LogP contribution in [-0.2, 0) is 11.2 Å². The van der Waals surface area contributed by atoms with Gasteiger partial charge in [0.2, 0.25) is 0 Å². The van der Waals surface area contributed by atoms with Gasteiger partial charge in [-0.25, -0.2) is 0 Å². The summed E-state index contributed by atoms with van der Waals surface area (Å²) >= 11 is 0. The number of nitrogens with two attached hydrogens (primary N) is 2. The van der Waals surface area contributed by atoms with E-state index in [1.54, 1.807) is 19.1 Å². The molecule has 0 bridgehead atoms. The predicted molar refractivity (Wildman–Crippen MR) is 141 cm³/mol. The molecule has 2 aromatic carbocycles. The summed E-state index contributed by atoms with van der Waals surface area (Å²) in [6.07, 6.45) is 6.18. The molecular formula is C28H40N4O2. The first-order valence-electron chi connectivity index (χ1n) is 11.8. The molecule has 0 saturated heterocycles. The molecule has 0 radical (unpaired) electrons. The molecule has 1 amide bonds. The fraction of sp³-hybridized carbons (Fsp3) is 0.357. The molecule has 2 atom stereocenters. The summed E-state index contributed by atoms with van der Waals surface area (Å²) in [6, 6.07) is 15.7. The lowest BCUT2D eigenvalue weighted by atomic mass is 9.81. The molecule has 0 spiro atoms. The monoisotopic (exact) mass is 464 g/mol. The van der Waals surface area contributed by atoms with Gasteiger partial charge in [-0.05, 0) is 74.3 Å². The second-order valence-electron chi connectivity index (χ2n) is 7.79. The minimum atomic E-state index is -0.219. The van der Waals surface area contributed by atoms with Crippen molar-refractivity contribution in [3.8, 4) is 0 Å². The molecule has 2 aromatic rings. The SMILES string of the molecule is C=C(/C=C\N)NC(=O)c1ccc(C(CN)NC)cc1.CC.CC(=O)C1CCCc2ccccc21. The first-order valence-corrected chi connectivity index (χ1v) is 11.8. The van der Waals surface area contributed by atoms with Gasteiger partial charge in [-0.15, -0.1) is 0 Å². The lowest BCUT2D eigenvalue weighted by Gasteiger charge is -2.22. The van der Waals surface area contributed by atoms with Gasteiger partial charge in [-0.3, -0.25) is 9.59 Å². The number of amides is 1. The summed E-state index contributed by atoms with van der Waals surface area (Å²) in [5, 5.41) is 5.74. The molecule has 3 rings (SSSR count). The number of carbonyl (C=O) groups is 2. The Morgan fingerprint density at radius 3 is 2.35 bits per heavy atom. The first-order chi connectivity index (χ1) is 16.4. The second-order valence-corrected chi connectivity index (χ2v) is 7.79. The van der Waals surface area contributed by atoms with Gasteiger partial charge in [0.1, 0.15) is 5.78 Å². The van der Waals surface area contributed by atoms with Crippen LogP contribution in [0, 0.1) is 0 Å². The van der Waals surface area contributed by atoms with E-state index in [0.29, 0.717) is 23.6 Å². The quantitative estimate of drug-likeness (QED) is 0.456. The summed E-state index contributed by atoms with van der Waals surface area (Å²) in [5.74, 6) is 0.264. The van der Waals surface area contributed by atoms with Gasteiger partial charge in [0.05, 0.1) is 0 Å². The van der Waals surface area contributed by atoms with Crippen LogP contribution >= 0.6 is 0 Å². The van der Waals surface area contributed by atoms with Crippen molar-refractivity contribution < 1.29 is 9.59 Å². The summed E-state index contributed by atoms with van der Waals surface area (Å²) < 4.78 is 0. The van der Waals surface area contributed by atoms with Gasteiger partial charge in [-0.1, -0.05) is 56.8 Å². The van der Waals surface area contributed by atoms with Crippen LogP contribution in [0.4, 0.5) is 0 Å². The van der Waals surface area contributed by atoms with E-state index in [1.165, 1.54) is 23.4 Å². The highest BCUT2D eigenvalue weighted by Gasteiger charge is 2.22. The maximum absolute atomic E-state index is 11.9. The smallest absolute Gasteiger partial charge is 0.255 e. The highest BCUT2D eigenvalue weighted by Crippen LogP contribution is 2.31. The van der Waals surface area contributed by atoms with Crippen LogP contribution in [-0.4, -0.2) is 25.3 Å². The lowest BCUT2D eigenvalue weighted by molar-refractivity contribution is -0.118. The lowest BCUT2D eigenvalue weighted by Crippen LogP contribution is -2.25. The van der Waals surface area contributed by atoms with Crippen LogP contribution < -0.4 is 22.1 Å². The van der Waals surface area contributed by atoms with Gasteiger partial charge in [0.15, 0.2) is 0 Å². The highest BCUT2D eigenvalue weighted by atomic mass is 16.1. The zero-order valence-electron chi connectivity index (χ0n) is 20.9. The molecule has 6 heteroatoms. The van der Waals surface area contributed by atoms with E-state index >= 15 is 0 Å². The average Bonchev–Trinajstić information content (AvgIpc) is 2.86. The maximum Gasteiger partial charge on any atom is 0.255 e. The number of allylic oxidation sites excluding steroid dienone is 1. The molecule has 1 aliphatic carbocycles. The Balaban J connectivity index is 0.000000334. The fourth-order valence-corrected chi connectivity index (χ4v) is 3.84. The minimum absolute atomic E-state index is 0.0900. The number of likely N-dealkylation sites (N-methyl/N-ethyl adjacent to an activating group) is 1. The third kappa shape index (κ3) is 8.61. The Morgan fingerprint density at radius 2 is 1.79 bits per heavy atom. The Labute approximate surface area is 204 Å². The van der Waals surface area contributed by atoms with Gasteiger partial charge >= 0.3 is 0 Å². The summed E-state index contributed by atoms with van der Waals surface area (Å²) in [4.78, 5) is 23.2. The van der Waals surface area contributed by atoms with Gasteiger partial charge in [0.25, 0.3) is 5.91 Å². The zero-order chi connectivity index (χ0) is 25.5. The molecular weight excluding hydrogens is 424 g/mol. The van der Waals surface area contributed by atoms with Crippen molar-refractivity contribution in [3.63, 3.8) is 0 Å². The van der Waals surface area contributed by atoms with Gasteiger partial charge in [-0.2, -0.15) is 0 Å². The van der Waals surface area contributed by atoms with E-state index in [-0.39, 0.29) is 17.9 Å². The van der Waals surface area contributed by atoms with Crippen molar-refractivity contribution in [2.75, 3.05) is 13.6 Å². The predicted octanol–water partition coefficient (Wildman–Crippen LogP) is 4.34. The normalized spacial score (nSPS) is 15.0. The van der Waals surface area contributed by atoms with Gasteiger partial charge < -0.3 is 22.1 Å². The number of carbonyl (C=O) groups excluding carboxylic acids is 2. The average molecular weight is 465 g/mol. The van der Waals surface area contributed by atoms with Crippen LogP contribution in [0.5, 0.6) is 0 Å². The number of fused-ring (bicyclic) bond motifs is 1. The Kier molecular flexibility index (Phi) is 13.2. The van der Waals surface area contributed by atoms with Crippen LogP contribution in [0.2, 0.25) is 0 Å². The molecule has 0 heterocycles. The molecule has 34 heavy (non-hydrogen) atoms. The van der Waals surface area contributed by atoms with E-state index < -0.39 is 0 Å². The van der Waals surface area contributed by atoms with Crippen LogP contribution in [0.25, 0.3) is 0 Å². The number of rotatable bonds is 7. The first kappa shape index (κ1) is 28.8. The number of nitrogens with one attached hydrogen (secondary N) is 2.